The molecule has 1 aliphatic carbocycles. The summed E-state index contributed by atoms with van der Waals surface area (Å²) < 4.78 is 11.5. The molecule has 2 aromatic carbocycles. The summed E-state index contributed by atoms with van der Waals surface area (Å²) in [5.74, 6) is 2.11. The molecule has 2 aromatic rings. The number of fused-ring (bicyclic) bond motifs is 2. The van der Waals surface area contributed by atoms with Gasteiger partial charge in [0.15, 0.2) is 17.6 Å². The Bertz CT molecular complexity index is 752. The van der Waals surface area contributed by atoms with Gasteiger partial charge in [0.25, 0.3) is 0 Å². The molecule has 0 spiro atoms. The maximum Gasteiger partial charge on any atom is 0.314 e. The number of carbonyl (C=O) groups is 1. The second kappa shape index (κ2) is 7.68. The Morgan fingerprint density at radius 3 is 2.42 bits per heavy atom. The van der Waals surface area contributed by atoms with Gasteiger partial charge in [-0.3, -0.25) is 0 Å². The number of para-hydroxylation sites is 2. The summed E-state index contributed by atoms with van der Waals surface area (Å²) in [5, 5.41) is 5.82. The summed E-state index contributed by atoms with van der Waals surface area (Å²) in [4.78, 5) is 12.0. The number of rotatable bonds is 5. The first-order valence-electron chi connectivity index (χ1n) is 9.25. The smallest absolute Gasteiger partial charge is 0.314 e. The first-order chi connectivity index (χ1) is 12.8. The molecule has 5 nitrogen and oxygen atoms in total. The van der Waals surface area contributed by atoms with E-state index in [0.717, 1.165) is 30.8 Å². The summed E-state index contributed by atoms with van der Waals surface area (Å²) in [6.07, 6.45) is 3.07. The third-order valence-corrected chi connectivity index (χ3v) is 5.03. The zero-order valence-corrected chi connectivity index (χ0v) is 14.7. The highest BCUT2D eigenvalue weighted by Gasteiger charge is 2.22. The van der Waals surface area contributed by atoms with Crippen LogP contribution < -0.4 is 20.1 Å². The zero-order chi connectivity index (χ0) is 17.8. The largest absolute Gasteiger partial charge is 0.486 e. The minimum absolute atomic E-state index is 0.150. The Balaban J connectivity index is 1.14. The molecule has 1 heterocycles. The van der Waals surface area contributed by atoms with Gasteiger partial charge in [0, 0.05) is 6.54 Å². The predicted molar refractivity (Wildman–Crippen MR) is 99.7 cm³/mol. The molecule has 4 rings (SSSR count). The Morgan fingerprint density at radius 2 is 1.65 bits per heavy atom. The van der Waals surface area contributed by atoms with Crippen LogP contribution in [0.3, 0.4) is 0 Å². The van der Waals surface area contributed by atoms with Crippen molar-refractivity contribution in [3.05, 3.63) is 59.7 Å². The lowest BCUT2D eigenvalue weighted by atomic mass is 10.0. The normalized spacial score (nSPS) is 18.2. The van der Waals surface area contributed by atoms with E-state index < -0.39 is 0 Å². The van der Waals surface area contributed by atoms with Crippen LogP contribution in [0.25, 0.3) is 0 Å². The number of nitrogens with one attached hydrogen (secondary N) is 2. The molecule has 0 aromatic heterocycles. The number of hydrogen-bond donors (Lipinski definition) is 2. The molecule has 0 saturated heterocycles. The molecule has 1 aliphatic heterocycles. The van der Waals surface area contributed by atoms with Gasteiger partial charge in [-0.15, -0.1) is 0 Å². The molecule has 0 bridgehead atoms. The standard InChI is InChI=1S/C21H24N2O3/c24-21(22-10-9-15-11-16-5-1-2-6-17(16)12-15)23-13-18-14-25-19-7-3-4-8-20(19)26-18/h1-8,15,18H,9-14H2,(H2,22,23,24). The van der Waals surface area contributed by atoms with E-state index in [1.807, 2.05) is 24.3 Å². The minimum Gasteiger partial charge on any atom is -0.486 e. The Hall–Kier alpha value is -2.69. The molecule has 1 atom stereocenters. The maximum atomic E-state index is 12.0. The molecular weight excluding hydrogens is 328 g/mol. The van der Waals surface area contributed by atoms with Crippen molar-refractivity contribution in [3.8, 4) is 11.5 Å². The van der Waals surface area contributed by atoms with Crippen molar-refractivity contribution in [1.82, 2.24) is 10.6 Å². The van der Waals surface area contributed by atoms with Crippen LogP contribution in [0.2, 0.25) is 0 Å². The molecule has 0 fully saturated rings. The zero-order valence-electron chi connectivity index (χ0n) is 14.7. The number of urea groups is 1. The lowest BCUT2D eigenvalue weighted by Gasteiger charge is -2.26. The van der Waals surface area contributed by atoms with E-state index in [4.69, 9.17) is 9.47 Å². The number of ether oxygens (including phenoxy) is 2. The van der Waals surface area contributed by atoms with Crippen LogP contribution in [0.15, 0.2) is 48.5 Å². The van der Waals surface area contributed by atoms with Gasteiger partial charge in [-0.2, -0.15) is 0 Å². The van der Waals surface area contributed by atoms with Crippen molar-refractivity contribution in [2.75, 3.05) is 19.7 Å². The number of benzene rings is 2. The Kier molecular flexibility index (Phi) is 4.95. The van der Waals surface area contributed by atoms with Gasteiger partial charge in [0.1, 0.15) is 6.61 Å². The second-order valence-electron chi connectivity index (χ2n) is 6.97. The third kappa shape index (κ3) is 3.93. The summed E-state index contributed by atoms with van der Waals surface area (Å²) in [5.41, 5.74) is 2.91. The van der Waals surface area contributed by atoms with Crippen molar-refractivity contribution in [3.63, 3.8) is 0 Å². The van der Waals surface area contributed by atoms with E-state index in [1.54, 1.807) is 0 Å². The number of amides is 2. The van der Waals surface area contributed by atoms with Crippen molar-refractivity contribution in [2.45, 2.75) is 25.4 Å². The number of carbonyl (C=O) groups excluding carboxylic acids is 1. The van der Waals surface area contributed by atoms with Crippen molar-refractivity contribution < 1.29 is 14.3 Å². The predicted octanol–water partition coefficient (Wildman–Crippen LogP) is 2.93. The molecular formula is C21H24N2O3. The molecule has 2 N–H and O–H groups in total. The van der Waals surface area contributed by atoms with Crippen LogP contribution in [-0.2, 0) is 12.8 Å². The summed E-state index contributed by atoms with van der Waals surface area (Å²) in [6, 6.07) is 16.0. The maximum absolute atomic E-state index is 12.0. The van der Waals surface area contributed by atoms with Crippen LogP contribution in [0.5, 0.6) is 11.5 Å². The fourth-order valence-electron chi connectivity index (χ4n) is 3.68. The lowest BCUT2D eigenvalue weighted by molar-refractivity contribution is 0.0918. The van der Waals surface area contributed by atoms with Crippen LogP contribution >= 0.6 is 0 Å². The van der Waals surface area contributed by atoms with Crippen molar-refractivity contribution >= 4 is 6.03 Å². The minimum atomic E-state index is -0.167. The highest BCUT2D eigenvalue weighted by atomic mass is 16.6. The molecule has 26 heavy (non-hydrogen) atoms. The molecule has 1 unspecified atom stereocenters. The summed E-state index contributed by atoms with van der Waals surface area (Å²) >= 11 is 0. The monoisotopic (exact) mass is 352 g/mol. The Labute approximate surface area is 153 Å². The van der Waals surface area contributed by atoms with E-state index in [1.165, 1.54) is 11.1 Å². The highest BCUT2D eigenvalue weighted by Crippen LogP contribution is 2.30. The SMILES string of the molecule is O=C(NCCC1Cc2ccccc2C1)NCC1COc2ccccc2O1. The molecule has 0 saturated carbocycles. The molecule has 0 radical (unpaired) electrons. The van der Waals surface area contributed by atoms with Crippen LogP contribution in [0.4, 0.5) is 4.79 Å². The van der Waals surface area contributed by atoms with Crippen LogP contribution in [0, 0.1) is 5.92 Å². The van der Waals surface area contributed by atoms with Gasteiger partial charge in [0.2, 0.25) is 0 Å². The number of hydrogen-bond acceptors (Lipinski definition) is 3. The van der Waals surface area contributed by atoms with E-state index in [9.17, 15) is 4.79 Å². The molecule has 2 aliphatic rings. The highest BCUT2D eigenvalue weighted by molar-refractivity contribution is 5.73. The Morgan fingerprint density at radius 1 is 0.962 bits per heavy atom. The summed E-state index contributed by atoms with van der Waals surface area (Å²) in [7, 11) is 0. The van der Waals surface area contributed by atoms with Gasteiger partial charge in [-0.05, 0) is 48.4 Å². The van der Waals surface area contributed by atoms with Crippen LogP contribution in [-0.4, -0.2) is 31.8 Å². The first-order valence-corrected chi connectivity index (χ1v) is 9.25. The fraction of sp³-hybridized carbons (Fsp3) is 0.381. The lowest BCUT2D eigenvalue weighted by Crippen LogP contribution is -2.44. The third-order valence-electron chi connectivity index (χ3n) is 5.03. The first kappa shape index (κ1) is 16.8. The molecule has 136 valence electrons. The molecule has 2 amide bonds. The fourth-order valence-corrected chi connectivity index (χ4v) is 3.68. The van der Waals surface area contributed by atoms with Gasteiger partial charge >= 0.3 is 6.03 Å². The topological polar surface area (TPSA) is 59.6 Å². The summed E-state index contributed by atoms with van der Waals surface area (Å²) in [6.45, 7) is 1.56. The van der Waals surface area contributed by atoms with Crippen molar-refractivity contribution in [1.29, 1.82) is 0 Å². The van der Waals surface area contributed by atoms with Crippen molar-refractivity contribution in [2.24, 2.45) is 5.92 Å². The van der Waals surface area contributed by atoms with E-state index >= 15 is 0 Å². The molecule has 5 heteroatoms. The second-order valence-corrected chi connectivity index (χ2v) is 6.97. The van der Waals surface area contributed by atoms with Gasteiger partial charge < -0.3 is 20.1 Å². The average molecular weight is 352 g/mol. The van der Waals surface area contributed by atoms with Gasteiger partial charge in [-0.1, -0.05) is 36.4 Å². The quantitative estimate of drug-likeness (QED) is 0.870. The van der Waals surface area contributed by atoms with Crippen LogP contribution in [0.1, 0.15) is 17.5 Å². The van der Waals surface area contributed by atoms with E-state index in [0.29, 0.717) is 25.6 Å². The van der Waals surface area contributed by atoms with Gasteiger partial charge in [-0.25, -0.2) is 4.79 Å². The van der Waals surface area contributed by atoms with Gasteiger partial charge in [0.05, 0.1) is 6.54 Å². The van der Waals surface area contributed by atoms with E-state index in [-0.39, 0.29) is 12.1 Å². The van der Waals surface area contributed by atoms with E-state index in [2.05, 4.69) is 34.9 Å². The average Bonchev–Trinajstić information content (AvgIpc) is 3.09.